The first kappa shape index (κ1) is 44.4. The van der Waals surface area contributed by atoms with Crippen LogP contribution in [-0.2, 0) is 25.5 Å². The summed E-state index contributed by atoms with van der Waals surface area (Å²) >= 11 is 0. The number of nitrogens with zero attached hydrogens (tertiary/aromatic N) is 1. The van der Waals surface area contributed by atoms with E-state index in [1.807, 2.05) is 18.3 Å². The molecule has 3 aromatic carbocycles. The molecular formula is C45H50N2O12S2. The smallest absolute Gasteiger partial charge is 0.335 e. The van der Waals surface area contributed by atoms with Gasteiger partial charge in [-0.3, -0.25) is 15.1 Å². The number of aryl methyl sites for hydroxylation is 1. The molecule has 4 heterocycles. The molecule has 0 radical (unpaired) electrons. The van der Waals surface area contributed by atoms with Crippen LogP contribution in [0.15, 0.2) is 89.4 Å². The predicted molar refractivity (Wildman–Crippen MR) is 233 cm³/mol. The maximum atomic E-state index is 13.3. The van der Waals surface area contributed by atoms with Gasteiger partial charge in [-0.05, 0) is 77.1 Å². The van der Waals surface area contributed by atoms with Gasteiger partial charge in [0.2, 0.25) is 11.9 Å². The molecule has 7 rings (SSSR count). The lowest BCUT2D eigenvalue weighted by Crippen LogP contribution is -2.82. The predicted octanol–water partition coefficient (Wildman–Crippen LogP) is 5.25. The molecule has 9 unspecified atom stereocenters. The van der Waals surface area contributed by atoms with Crippen molar-refractivity contribution >= 4 is 57.5 Å². The molecule has 0 saturated carbocycles. The highest BCUT2D eigenvalue weighted by molar-refractivity contribution is 8.76. The Hall–Kier alpha value is -4.65. The fraction of sp³-hybridized carbons (Fsp3) is 0.400. The summed E-state index contributed by atoms with van der Waals surface area (Å²) in [5.41, 5.74) is -1.01. The Bertz CT molecular complexity index is 2200. The van der Waals surface area contributed by atoms with Gasteiger partial charge < -0.3 is 49.6 Å². The number of ether oxygens (including phenoxy) is 4. The molecule has 0 bridgehead atoms. The van der Waals surface area contributed by atoms with Gasteiger partial charge in [-0.15, -0.1) is 0 Å². The maximum Gasteiger partial charge on any atom is 0.335 e. The van der Waals surface area contributed by atoms with Crippen LogP contribution in [-0.4, -0.2) is 116 Å². The Morgan fingerprint density at radius 1 is 1.10 bits per heavy atom. The molecule has 4 aliphatic rings. The molecule has 324 valence electrons. The second-order valence-corrected chi connectivity index (χ2v) is 17.9. The molecule has 2 saturated heterocycles. The van der Waals surface area contributed by atoms with Gasteiger partial charge in [0.15, 0.2) is 18.0 Å². The number of hydrogen-bond acceptors (Lipinski definition) is 15. The number of fused-ring (bicyclic) bond motifs is 2. The van der Waals surface area contributed by atoms with E-state index < -0.39 is 41.9 Å². The zero-order chi connectivity index (χ0) is 43.3. The zero-order valence-corrected chi connectivity index (χ0v) is 35.3. The van der Waals surface area contributed by atoms with Crippen LogP contribution >= 0.6 is 21.6 Å². The molecule has 61 heavy (non-hydrogen) atoms. The van der Waals surface area contributed by atoms with Crippen LogP contribution in [0.4, 0.5) is 0 Å². The van der Waals surface area contributed by atoms with E-state index in [2.05, 4.69) is 54.5 Å². The normalized spacial score (nSPS) is 30.0. The van der Waals surface area contributed by atoms with Crippen molar-refractivity contribution in [2.24, 2.45) is 22.7 Å². The number of aliphatic imine (C=N–C) groups is 1. The summed E-state index contributed by atoms with van der Waals surface area (Å²) in [6.07, 6.45) is 1.14. The molecule has 16 heteroatoms. The average Bonchev–Trinajstić information content (AvgIpc) is 3.80. The standard InChI is InChI=1S/C45H50N2O12S2/c1-3-27-8-4-5-9-28(27)10-6-7-26(2)34-21-47-42(54)45(55)43(58-32-15-16-33-37(19-32)56-22-35(38(33)50)29-11-13-31(49)14-12-29)59-39(41(52)53)40(51)44(45,24-48)57-25-61-60-23-36(34)30-17-18-46-20-30/h4-6,8-17,19-20,24,26,34,36,39-40,42-43,47,49-51,54-55H,3,7,18,21-23,25H2,1-2H3,(H,52,53). The lowest BCUT2D eigenvalue weighted by molar-refractivity contribution is -0.364. The van der Waals surface area contributed by atoms with Crippen LogP contribution in [0, 0.1) is 17.8 Å². The van der Waals surface area contributed by atoms with Gasteiger partial charge in [0.1, 0.15) is 47.9 Å². The number of aliphatic hydroxyl groups is 4. The average molecular weight is 875 g/mol. The largest absolute Gasteiger partial charge is 0.508 e. The molecule has 0 aliphatic carbocycles. The van der Waals surface area contributed by atoms with E-state index in [0.717, 1.165) is 17.6 Å². The first-order chi connectivity index (χ1) is 29.4. The molecular weight excluding hydrogens is 825 g/mol. The van der Waals surface area contributed by atoms with Crippen molar-refractivity contribution < 1.29 is 59.2 Å². The summed E-state index contributed by atoms with van der Waals surface area (Å²) in [7, 11) is 2.66. The van der Waals surface area contributed by atoms with Crippen molar-refractivity contribution in [3.63, 3.8) is 0 Å². The number of carboxylic acid groups (broad SMARTS) is 1. The van der Waals surface area contributed by atoms with Gasteiger partial charge in [-0.1, -0.05) is 90.1 Å². The summed E-state index contributed by atoms with van der Waals surface area (Å²) in [4.78, 5) is 30.4. The van der Waals surface area contributed by atoms with Crippen LogP contribution in [0.2, 0.25) is 0 Å². The van der Waals surface area contributed by atoms with Crippen molar-refractivity contribution in [1.82, 2.24) is 5.32 Å². The van der Waals surface area contributed by atoms with Gasteiger partial charge >= 0.3 is 5.97 Å². The van der Waals surface area contributed by atoms with Gasteiger partial charge in [0.25, 0.3) is 0 Å². The summed E-state index contributed by atoms with van der Waals surface area (Å²) in [6, 6.07) is 18.7. The van der Waals surface area contributed by atoms with Crippen LogP contribution in [0.5, 0.6) is 17.2 Å². The quantitative estimate of drug-likeness (QED) is 0.0968. The fourth-order valence-corrected chi connectivity index (χ4v) is 10.5. The minimum Gasteiger partial charge on any atom is -0.508 e. The Morgan fingerprint density at radius 3 is 2.61 bits per heavy atom. The number of carboxylic acids is 1. The van der Waals surface area contributed by atoms with Crippen LogP contribution in [0.25, 0.3) is 17.4 Å². The molecule has 0 spiro atoms. The summed E-state index contributed by atoms with van der Waals surface area (Å²) in [5, 5.41) is 70.8. The minimum absolute atomic E-state index is 0.00653. The molecule has 3 aromatic rings. The van der Waals surface area contributed by atoms with E-state index in [-0.39, 0.29) is 71.7 Å². The highest BCUT2D eigenvalue weighted by Gasteiger charge is 2.72. The third kappa shape index (κ3) is 8.86. The number of benzene rings is 3. The summed E-state index contributed by atoms with van der Waals surface area (Å²) < 4.78 is 23.9. The molecule has 7 N–H and O–H groups in total. The number of aliphatic carboxylic acids is 1. The van der Waals surface area contributed by atoms with E-state index in [9.17, 15) is 40.2 Å². The van der Waals surface area contributed by atoms with Gasteiger partial charge in [-0.25, -0.2) is 4.79 Å². The Morgan fingerprint density at radius 2 is 1.89 bits per heavy atom. The molecule has 0 aromatic heterocycles. The van der Waals surface area contributed by atoms with Crippen LogP contribution in [0.1, 0.15) is 42.5 Å². The third-order valence-electron chi connectivity index (χ3n) is 12.0. The van der Waals surface area contributed by atoms with Crippen LogP contribution < -0.4 is 14.8 Å². The molecule has 4 aliphatic heterocycles. The number of carbonyl (C=O) groups is 2. The maximum absolute atomic E-state index is 13.3. The Balaban J connectivity index is 1.22. The van der Waals surface area contributed by atoms with Crippen LogP contribution in [0.3, 0.4) is 0 Å². The Kier molecular flexibility index (Phi) is 14.0. The van der Waals surface area contributed by atoms with Crippen molar-refractivity contribution in [1.29, 1.82) is 0 Å². The van der Waals surface area contributed by atoms with E-state index in [1.54, 1.807) is 12.1 Å². The number of allylic oxidation sites excluding steroid dienone is 2. The first-order valence-electron chi connectivity index (χ1n) is 20.1. The summed E-state index contributed by atoms with van der Waals surface area (Å²) in [6.45, 7) is 4.80. The van der Waals surface area contributed by atoms with Gasteiger partial charge in [-0.2, -0.15) is 0 Å². The number of aromatic hydroxyl groups is 1. The molecule has 0 amide bonds. The zero-order valence-electron chi connectivity index (χ0n) is 33.6. The minimum atomic E-state index is -2.98. The van der Waals surface area contributed by atoms with Crippen molar-refractivity contribution in [3.8, 4) is 17.2 Å². The van der Waals surface area contributed by atoms with Crippen molar-refractivity contribution in [2.75, 3.05) is 31.4 Å². The number of rotatable bonds is 11. The number of nitrogens with one attached hydrogen (secondary N) is 1. The van der Waals surface area contributed by atoms with Gasteiger partial charge in [0.05, 0.1) is 12.1 Å². The molecule has 14 nitrogen and oxygen atoms in total. The second-order valence-electron chi connectivity index (χ2n) is 15.5. The third-order valence-corrected chi connectivity index (χ3v) is 14.0. The SMILES string of the molecule is CCc1ccccc1C=CCC(C)C1CNC(O)C2(O)C(Oc3ccc4c(c3)OCC(c3ccc(O)cc3)=C4O)OC(C(=O)O)C(O)C2(C=O)OCSSCC1C1=CCN=C1. The Labute approximate surface area is 361 Å². The summed E-state index contributed by atoms with van der Waals surface area (Å²) in [5.74, 6) is -1.55. The monoisotopic (exact) mass is 874 g/mol. The lowest BCUT2D eigenvalue weighted by Gasteiger charge is -2.55. The van der Waals surface area contributed by atoms with Gasteiger partial charge in [0, 0.05) is 30.2 Å². The molecule has 9 atom stereocenters. The van der Waals surface area contributed by atoms with Crippen molar-refractivity contribution in [2.45, 2.75) is 62.6 Å². The highest BCUT2D eigenvalue weighted by atomic mass is 33.1. The number of phenolic OH excluding ortho intramolecular Hbond substituents is 1. The van der Waals surface area contributed by atoms with E-state index in [0.29, 0.717) is 29.9 Å². The first-order valence-corrected chi connectivity index (χ1v) is 22.5. The highest BCUT2D eigenvalue weighted by Crippen LogP contribution is 2.46. The number of hydrogen-bond donors (Lipinski definition) is 7. The fourth-order valence-electron chi connectivity index (χ4n) is 8.39. The number of carbonyl (C=O) groups excluding carboxylic acids is 1. The number of aldehydes is 1. The number of phenols is 1. The van der Waals surface area contributed by atoms with Crippen molar-refractivity contribution in [3.05, 3.63) is 107 Å². The van der Waals surface area contributed by atoms with E-state index in [4.69, 9.17) is 18.9 Å². The van der Waals surface area contributed by atoms with E-state index >= 15 is 0 Å². The van der Waals surface area contributed by atoms with E-state index in [1.165, 1.54) is 57.5 Å². The second kappa shape index (κ2) is 19.2. The lowest BCUT2D eigenvalue weighted by atomic mass is 9.72. The number of aliphatic hydroxyl groups excluding tert-OH is 3. The topological polar surface area (TPSA) is 217 Å². The molecule has 2 fully saturated rings.